The lowest BCUT2D eigenvalue weighted by atomic mass is 9.99. The number of aliphatic hydroxyl groups excluding tert-OH is 5. The number of amides is 1. The zero-order chi connectivity index (χ0) is 60.3. The van der Waals surface area contributed by atoms with Crippen molar-refractivity contribution in [3.8, 4) is 0 Å². The highest BCUT2D eigenvalue weighted by Crippen LogP contribution is 2.26. The van der Waals surface area contributed by atoms with Crippen molar-refractivity contribution in [2.45, 2.75) is 359 Å². The first-order valence-electron chi connectivity index (χ1n) is 34.7. The molecular weight excluding hydrogens is 1040 g/mol. The van der Waals surface area contributed by atoms with Gasteiger partial charge in [-0.2, -0.15) is 0 Å². The molecule has 11 heteroatoms. The first kappa shape index (κ1) is 78.1. The summed E-state index contributed by atoms with van der Waals surface area (Å²) in [5.41, 5.74) is 0. The predicted octanol–water partition coefficient (Wildman–Crippen LogP) is 17.5. The fourth-order valence-electron chi connectivity index (χ4n) is 10.7. The van der Waals surface area contributed by atoms with E-state index in [1.807, 2.05) is 6.08 Å². The van der Waals surface area contributed by atoms with E-state index in [1.165, 1.54) is 167 Å². The minimum Gasteiger partial charge on any atom is -0.454 e. The summed E-state index contributed by atoms with van der Waals surface area (Å²) >= 11 is 0. The molecule has 1 rings (SSSR count). The molecule has 1 saturated heterocycles. The van der Waals surface area contributed by atoms with Crippen LogP contribution in [0.25, 0.3) is 0 Å². The molecular formula is C72H129NO10. The van der Waals surface area contributed by atoms with Crippen molar-refractivity contribution in [1.29, 1.82) is 0 Å². The number of carbonyl (C=O) groups is 2. The maximum Gasteiger partial charge on any atom is 0.306 e. The normalized spacial score (nSPS) is 19.0. The second kappa shape index (κ2) is 59.4. The Labute approximate surface area is 509 Å². The van der Waals surface area contributed by atoms with Gasteiger partial charge in [0.25, 0.3) is 0 Å². The largest absolute Gasteiger partial charge is 0.454 e. The van der Waals surface area contributed by atoms with Crippen LogP contribution in [0.5, 0.6) is 0 Å². The van der Waals surface area contributed by atoms with Crippen molar-refractivity contribution in [3.63, 3.8) is 0 Å². The van der Waals surface area contributed by atoms with Gasteiger partial charge in [-0.15, -0.1) is 0 Å². The summed E-state index contributed by atoms with van der Waals surface area (Å²) in [6.07, 6.45) is 66.5. The Hall–Kier alpha value is -2.90. The van der Waals surface area contributed by atoms with Gasteiger partial charge in [0, 0.05) is 6.42 Å². The van der Waals surface area contributed by atoms with Crippen molar-refractivity contribution < 1.29 is 49.3 Å². The summed E-state index contributed by atoms with van der Waals surface area (Å²) in [6.45, 7) is 5.70. The number of hydrogen-bond acceptors (Lipinski definition) is 10. The van der Waals surface area contributed by atoms with E-state index >= 15 is 0 Å². The molecule has 1 amide bonds. The molecule has 1 fully saturated rings. The number of unbranched alkanes of at least 4 members (excludes halogenated alkanes) is 35. The summed E-state index contributed by atoms with van der Waals surface area (Å²) < 4.78 is 17.7. The Morgan fingerprint density at radius 1 is 0.482 bits per heavy atom. The molecule has 1 aliphatic heterocycles. The average Bonchev–Trinajstić information content (AvgIpc) is 3.52. The predicted molar refractivity (Wildman–Crippen MR) is 347 cm³/mol. The van der Waals surface area contributed by atoms with E-state index in [-0.39, 0.29) is 19.4 Å². The Morgan fingerprint density at radius 3 is 1.30 bits per heavy atom. The summed E-state index contributed by atoms with van der Waals surface area (Å²) in [7, 11) is 0. The number of hydrogen-bond donors (Lipinski definition) is 6. The quantitative estimate of drug-likeness (QED) is 0.0195. The Bertz CT molecular complexity index is 1630. The van der Waals surface area contributed by atoms with Crippen LogP contribution in [0.15, 0.2) is 72.9 Å². The molecule has 0 spiro atoms. The number of esters is 1. The van der Waals surface area contributed by atoms with Crippen LogP contribution in [-0.2, 0) is 23.8 Å². The molecule has 0 aromatic rings. The molecule has 0 aliphatic carbocycles. The van der Waals surface area contributed by atoms with E-state index in [4.69, 9.17) is 14.2 Å². The molecule has 482 valence electrons. The molecule has 0 saturated carbocycles. The van der Waals surface area contributed by atoms with Gasteiger partial charge in [0.05, 0.1) is 25.4 Å². The lowest BCUT2D eigenvalue weighted by molar-refractivity contribution is -0.305. The fourth-order valence-corrected chi connectivity index (χ4v) is 10.7. The Kier molecular flexibility index (Phi) is 55.9. The smallest absolute Gasteiger partial charge is 0.306 e. The minimum absolute atomic E-state index is 0.125. The van der Waals surface area contributed by atoms with Crippen LogP contribution in [0.2, 0.25) is 0 Å². The van der Waals surface area contributed by atoms with E-state index in [1.54, 1.807) is 6.08 Å². The number of allylic oxidation sites excluding steroid dienone is 11. The van der Waals surface area contributed by atoms with Gasteiger partial charge >= 0.3 is 5.97 Å². The molecule has 1 aliphatic rings. The second-order valence-electron chi connectivity index (χ2n) is 23.9. The number of ether oxygens (including phenoxy) is 3. The minimum atomic E-state index is -1.61. The highest BCUT2D eigenvalue weighted by molar-refractivity contribution is 5.80. The summed E-state index contributed by atoms with van der Waals surface area (Å²) in [5.74, 6) is -1.19. The first-order chi connectivity index (χ1) is 40.7. The SMILES string of the molecule is CC/C=C\C/C=C\C/C=C\C/C=C\C/C=C\CCCCCCCCCCC(O)C(=O)NC(COC1OC(CO)C(O)C(O)C1OC(=O)CCCCCCCCCCCCCCCCCCCCC)C(O)/C=C/CCCCCCCCCCC. The molecule has 11 nitrogen and oxygen atoms in total. The van der Waals surface area contributed by atoms with Gasteiger partial charge in [0.2, 0.25) is 5.91 Å². The number of rotatable bonds is 59. The standard InChI is InChI=1S/C72H129NO10/c1-4-7-10-13-16-19-22-24-26-28-30-31-32-33-34-36-37-39-41-44-47-50-53-56-59-65(76)71(80)73-63(64(75)58-55-52-49-46-43-21-18-15-12-9-6-3)62-81-72-70(69(79)68(78)66(61-74)82-72)83-67(77)60-57-54-51-48-45-42-40-38-35-29-27-25-23-20-17-14-11-8-5-2/h7,10,16,19,24,26,30-31,33-34,55,58,63-66,68-70,72,74-76,78-79H,4-6,8-9,11-15,17-18,20-23,25,27-29,32,35-54,56-57,59-62H2,1-3H3,(H,73,80)/b10-7-,19-16-,26-24-,31-30-,34-33-,58-55+. The lowest BCUT2D eigenvalue weighted by Crippen LogP contribution is -2.61. The summed E-state index contributed by atoms with van der Waals surface area (Å²) in [6, 6.07) is -1.03. The van der Waals surface area contributed by atoms with Gasteiger partial charge in [0.15, 0.2) is 12.4 Å². The van der Waals surface area contributed by atoms with Gasteiger partial charge in [-0.05, 0) is 70.6 Å². The van der Waals surface area contributed by atoms with Gasteiger partial charge in [-0.3, -0.25) is 9.59 Å². The van der Waals surface area contributed by atoms with Crippen LogP contribution in [0, 0.1) is 0 Å². The third-order valence-electron chi connectivity index (χ3n) is 16.1. The van der Waals surface area contributed by atoms with Gasteiger partial charge in [0.1, 0.15) is 24.4 Å². The van der Waals surface area contributed by atoms with Gasteiger partial charge in [-0.1, -0.05) is 306 Å². The molecule has 1 heterocycles. The second-order valence-corrected chi connectivity index (χ2v) is 23.9. The molecule has 8 atom stereocenters. The first-order valence-corrected chi connectivity index (χ1v) is 34.7. The van der Waals surface area contributed by atoms with E-state index in [0.29, 0.717) is 12.8 Å². The van der Waals surface area contributed by atoms with Crippen molar-refractivity contribution in [2.75, 3.05) is 13.2 Å². The van der Waals surface area contributed by atoms with Gasteiger partial charge < -0.3 is 45.1 Å². The highest BCUT2D eigenvalue weighted by atomic mass is 16.7. The summed E-state index contributed by atoms with van der Waals surface area (Å²) in [4.78, 5) is 26.6. The zero-order valence-corrected chi connectivity index (χ0v) is 53.6. The average molecular weight is 1170 g/mol. The van der Waals surface area contributed by atoms with Crippen molar-refractivity contribution in [2.24, 2.45) is 0 Å². The van der Waals surface area contributed by atoms with Crippen LogP contribution in [0.4, 0.5) is 0 Å². The molecule has 83 heavy (non-hydrogen) atoms. The Morgan fingerprint density at radius 2 is 0.867 bits per heavy atom. The number of aliphatic hydroxyl groups is 5. The van der Waals surface area contributed by atoms with Crippen LogP contribution in [0.1, 0.15) is 310 Å². The van der Waals surface area contributed by atoms with Crippen molar-refractivity contribution in [3.05, 3.63) is 72.9 Å². The van der Waals surface area contributed by atoms with Crippen molar-refractivity contribution >= 4 is 11.9 Å². The van der Waals surface area contributed by atoms with Crippen LogP contribution >= 0.6 is 0 Å². The van der Waals surface area contributed by atoms with Crippen LogP contribution in [0.3, 0.4) is 0 Å². The maximum absolute atomic E-state index is 13.5. The third kappa shape index (κ3) is 46.9. The molecule has 0 aromatic heterocycles. The summed E-state index contributed by atoms with van der Waals surface area (Å²) in [5, 5.41) is 57.2. The number of carbonyl (C=O) groups excluding carboxylic acids is 2. The van der Waals surface area contributed by atoms with Crippen molar-refractivity contribution in [1.82, 2.24) is 5.32 Å². The fraction of sp³-hybridized carbons (Fsp3) is 0.806. The molecule has 0 radical (unpaired) electrons. The van der Waals surface area contributed by atoms with E-state index in [9.17, 15) is 35.1 Å². The van der Waals surface area contributed by atoms with Gasteiger partial charge in [-0.25, -0.2) is 0 Å². The van der Waals surface area contributed by atoms with E-state index < -0.39 is 67.4 Å². The lowest BCUT2D eigenvalue weighted by Gasteiger charge is -2.41. The Balaban J connectivity index is 2.58. The van der Waals surface area contributed by atoms with E-state index in [0.717, 1.165) is 96.3 Å². The van der Waals surface area contributed by atoms with Crippen LogP contribution in [-0.4, -0.2) is 99.6 Å². The molecule has 0 bridgehead atoms. The third-order valence-corrected chi connectivity index (χ3v) is 16.1. The topological polar surface area (TPSA) is 175 Å². The molecule has 0 aromatic carbocycles. The van der Waals surface area contributed by atoms with E-state index in [2.05, 4.69) is 86.8 Å². The monoisotopic (exact) mass is 1170 g/mol. The number of nitrogens with one attached hydrogen (secondary N) is 1. The maximum atomic E-state index is 13.5. The van der Waals surface area contributed by atoms with Crippen LogP contribution < -0.4 is 5.32 Å². The molecule has 6 N–H and O–H groups in total. The molecule has 8 unspecified atom stereocenters. The zero-order valence-electron chi connectivity index (χ0n) is 53.6. The highest BCUT2D eigenvalue weighted by Gasteiger charge is 2.47.